The highest BCUT2D eigenvalue weighted by molar-refractivity contribution is 6.12. The second kappa shape index (κ2) is 10.6. The van der Waals surface area contributed by atoms with Gasteiger partial charge in [0.25, 0.3) is 5.91 Å². The second-order valence-corrected chi connectivity index (χ2v) is 11.1. The number of piperazine rings is 1. The van der Waals surface area contributed by atoms with Gasteiger partial charge in [-0.05, 0) is 78.3 Å². The topological polar surface area (TPSA) is 35.6 Å². The van der Waals surface area contributed by atoms with Crippen molar-refractivity contribution in [3.05, 3.63) is 108 Å². The van der Waals surface area contributed by atoms with Crippen molar-refractivity contribution in [1.29, 1.82) is 0 Å². The zero-order chi connectivity index (χ0) is 26.0. The first-order valence-corrected chi connectivity index (χ1v) is 14.1. The highest BCUT2D eigenvalue weighted by atomic mass is 16.1. The van der Waals surface area contributed by atoms with Crippen LogP contribution in [0.1, 0.15) is 48.5 Å². The Balaban J connectivity index is 1.25. The normalized spacial score (nSPS) is 22.3. The minimum atomic E-state index is -0.0539. The molecule has 38 heavy (non-hydrogen) atoms. The highest BCUT2D eigenvalue weighted by Gasteiger charge is 2.42. The van der Waals surface area contributed by atoms with Gasteiger partial charge in [0, 0.05) is 48.7 Å². The third-order valence-corrected chi connectivity index (χ3v) is 8.80. The van der Waals surface area contributed by atoms with E-state index in [-0.39, 0.29) is 11.4 Å². The van der Waals surface area contributed by atoms with Crippen molar-refractivity contribution >= 4 is 28.1 Å². The molecule has 0 aromatic heterocycles. The summed E-state index contributed by atoms with van der Waals surface area (Å²) in [5.41, 5.74) is 4.27. The van der Waals surface area contributed by atoms with E-state index < -0.39 is 0 Å². The van der Waals surface area contributed by atoms with Gasteiger partial charge in [0.1, 0.15) is 0 Å². The minimum absolute atomic E-state index is 0.0233. The number of anilines is 2. The van der Waals surface area contributed by atoms with Crippen LogP contribution >= 0.6 is 0 Å². The fraction of sp³-hybridized carbons (Fsp3) is 0.324. The summed E-state index contributed by atoms with van der Waals surface area (Å²) in [5, 5.41) is 5.29. The van der Waals surface area contributed by atoms with Crippen molar-refractivity contribution in [1.82, 2.24) is 4.90 Å². The number of rotatable bonds is 5. The van der Waals surface area contributed by atoms with Crippen LogP contribution < -0.4 is 10.2 Å². The Kier molecular flexibility index (Phi) is 6.90. The minimum Gasteiger partial charge on any atom is -0.369 e. The molecule has 1 aliphatic carbocycles. The Bertz CT molecular complexity index is 1390. The molecule has 2 fully saturated rings. The van der Waals surface area contributed by atoms with Gasteiger partial charge < -0.3 is 10.2 Å². The molecule has 6 rings (SSSR count). The molecule has 194 valence electrons. The summed E-state index contributed by atoms with van der Waals surface area (Å²) in [7, 11) is 0. The average Bonchev–Trinajstić information content (AvgIpc) is 2.98. The van der Waals surface area contributed by atoms with Crippen LogP contribution in [0.2, 0.25) is 0 Å². The van der Waals surface area contributed by atoms with Crippen LogP contribution in [0, 0.1) is 5.92 Å². The van der Waals surface area contributed by atoms with E-state index in [1.54, 1.807) is 0 Å². The van der Waals surface area contributed by atoms with Gasteiger partial charge in [0.05, 0.1) is 0 Å². The third kappa shape index (κ3) is 4.81. The van der Waals surface area contributed by atoms with Gasteiger partial charge in [-0.15, -0.1) is 0 Å². The lowest BCUT2D eigenvalue weighted by Gasteiger charge is -2.51. The molecule has 1 aliphatic heterocycles. The molecule has 4 nitrogen and oxygen atoms in total. The number of nitrogens with zero attached hydrogens (tertiary/aromatic N) is 2. The van der Waals surface area contributed by atoms with Crippen LogP contribution in [-0.2, 0) is 5.54 Å². The summed E-state index contributed by atoms with van der Waals surface area (Å²) in [4.78, 5) is 18.6. The molecule has 0 radical (unpaired) electrons. The molecule has 1 saturated heterocycles. The number of hydrogen-bond donors (Lipinski definition) is 1. The van der Waals surface area contributed by atoms with E-state index in [1.165, 1.54) is 36.9 Å². The number of carbonyl (C=O) groups excluding carboxylic acids is 1. The Labute approximate surface area is 226 Å². The van der Waals surface area contributed by atoms with E-state index in [1.807, 2.05) is 36.4 Å². The van der Waals surface area contributed by atoms with E-state index in [9.17, 15) is 4.79 Å². The fourth-order valence-electron chi connectivity index (χ4n) is 6.57. The number of nitrogens with one attached hydrogen (secondary N) is 1. The van der Waals surface area contributed by atoms with E-state index in [2.05, 4.69) is 82.7 Å². The van der Waals surface area contributed by atoms with Crippen molar-refractivity contribution in [2.45, 2.75) is 38.1 Å². The zero-order valence-electron chi connectivity index (χ0n) is 22.3. The van der Waals surface area contributed by atoms with E-state index >= 15 is 0 Å². The Morgan fingerprint density at radius 2 is 1.47 bits per heavy atom. The predicted octanol–water partition coefficient (Wildman–Crippen LogP) is 7.32. The van der Waals surface area contributed by atoms with Crippen molar-refractivity contribution in [3.63, 3.8) is 0 Å². The van der Waals surface area contributed by atoms with Crippen LogP contribution in [0.15, 0.2) is 97.1 Å². The van der Waals surface area contributed by atoms with Gasteiger partial charge in [-0.25, -0.2) is 0 Å². The molecule has 1 amide bonds. The molecule has 4 aromatic carbocycles. The maximum Gasteiger partial charge on any atom is 0.256 e. The number of amides is 1. The summed E-state index contributed by atoms with van der Waals surface area (Å²) < 4.78 is 0. The maximum absolute atomic E-state index is 13.4. The molecule has 0 spiro atoms. The van der Waals surface area contributed by atoms with Gasteiger partial charge in [-0.2, -0.15) is 0 Å². The lowest BCUT2D eigenvalue weighted by Crippen LogP contribution is -2.56. The molecule has 0 bridgehead atoms. The molecular weight excluding hydrogens is 466 g/mol. The van der Waals surface area contributed by atoms with Crippen LogP contribution in [0.5, 0.6) is 0 Å². The van der Waals surface area contributed by atoms with Gasteiger partial charge in [-0.1, -0.05) is 73.7 Å². The summed E-state index contributed by atoms with van der Waals surface area (Å²) in [6.45, 7) is 6.57. The van der Waals surface area contributed by atoms with Crippen molar-refractivity contribution in [3.8, 4) is 0 Å². The Hall–Kier alpha value is -3.63. The summed E-state index contributed by atoms with van der Waals surface area (Å²) in [5.74, 6) is 0.713. The van der Waals surface area contributed by atoms with Crippen molar-refractivity contribution in [2.75, 3.05) is 36.4 Å². The quantitative estimate of drug-likeness (QED) is 0.310. The Morgan fingerprint density at radius 3 is 2.26 bits per heavy atom. The highest BCUT2D eigenvalue weighted by Crippen LogP contribution is 2.45. The standard InChI is InChI=1S/C34H37N3O/c1-26-17-19-34(20-18-26,37-23-21-36(22-24-37)30-13-3-2-4-14-30)28-11-8-12-29(25-28)35-33(38)32-16-7-10-27-9-5-6-15-31(27)32/h2-16,25-26H,17-24H2,1H3,(H,35,38)/t26-,34-. The summed E-state index contributed by atoms with van der Waals surface area (Å²) >= 11 is 0. The summed E-state index contributed by atoms with van der Waals surface area (Å²) in [6.07, 6.45) is 4.82. The lowest BCUT2D eigenvalue weighted by atomic mass is 9.71. The first-order chi connectivity index (χ1) is 18.6. The number of fused-ring (bicyclic) bond motifs is 1. The lowest BCUT2D eigenvalue weighted by molar-refractivity contribution is 0.0299. The van der Waals surface area contributed by atoms with Crippen LogP contribution in [-0.4, -0.2) is 37.0 Å². The molecule has 4 aromatic rings. The maximum atomic E-state index is 13.4. The largest absolute Gasteiger partial charge is 0.369 e. The number of carbonyl (C=O) groups is 1. The average molecular weight is 504 g/mol. The number of benzene rings is 4. The fourth-order valence-corrected chi connectivity index (χ4v) is 6.57. The monoisotopic (exact) mass is 503 g/mol. The van der Waals surface area contributed by atoms with Crippen molar-refractivity contribution < 1.29 is 4.79 Å². The van der Waals surface area contributed by atoms with Crippen molar-refractivity contribution in [2.24, 2.45) is 5.92 Å². The molecule has 0 unspecified atom stereocenters. The van der Waals surface area contributed by atoms with Crippen LogP contribution in [0.3, 0.4) is 0 Å². The zero-order valence-corrected chi connectivity index (χ0v) is 22.3. The van der Waals surface area contributed by atoms with Gasteiger partial charge >= 0.3 is 0 Å². The number of para-hydroxylation sites is 1. The third-order valence-electron chi connectivity index (χ3n) is 8.80. The Morgan fingerprint density at radius 1 is 0.789 bits per heavy atom. The van der Waals surface area contributed by atoms with Crippen LogP contribution in [0.4, 0.5) is 11.4 Å². The second-order valence-electron chi connectivity index (χ2n) is 11.1. The van der Waals surface area contributed by atoms with Gasteiger partial charge in [-0.3, -0.25) is 9.69 Å². The molecule has 0 atom stereocenters. The van der Waals surface area contributed by atoms with E-state index in [0.29, 0.717) is 5.56 Å². The number of hydrogen-bond acceptors (Lipinski definition) is 3. The van der Waals surface area contributed by atoms with Gasteiger partial charge in [0.15, 0.2) is 0 Å². The first-order valence-electron chi connectivity index (χ1n) is 14.1. The van der Waals surface area contributed by atoms with E-state index in [4.69, 9.17) is 0 Å². The smallest absolute Gasteiger partial charge is 0.256 e. The molecular formula is C34H37N3O. The van der Waals surface area contributed by atoms with E-state index in [0.717, 1.165) is 48.6 Å². The van der Waals surface area contributed by atoms with Crippen LogP contribution in [0.25, 0.3) is 10.8 Å². The molecule has 1 saturated carbocycles. The summed E-state index contributed by atoms with van der Waals surface area (Å²) in [6, 6.07) is 33.5. The molecule has 1 N–H and O–H groups in total. The SMILES string of the molecule is C[C@H]1CC[C@](c2cccc(NC(=O)c3cccc4ccccc34)c2)(N2CCN(c3ccccc3)CC2)CC1. The first kappa shape index (κ1) is 24.7. The molecule has 4 heteroatoms. The molecule has 2 aliphatic rings. The predicted molar refractivity (Wildman–Crippen MR) is 158 cm³/mol. The molecule has 1 heterocycles. The van der Waals surface area contributed by atoms with Gasteiger partial charge in [0.2, 0.25) is 0 Å².